The summed E-state index contributed by atoms with van der Waals surface area (Å²) in [4.78, 5) is 35.8. The molecular formula is C12H11ClN2O3. The third-order valence-electron chi connectivity index (χ3n) is 2.61. The van der Waals surface area contributed by atoms with Gasteiger partial charge in [0.2, 0.25) is 11.8 Å². The number of benzene rings is 1. The van der Waals surface area contributed by atoms with E-state index in [0.29, 0.717) is 10.7 Å². The van der Waals surface area contributed by atoms with Crippen LogP contribution in [0.4, 0.5) is 5.69 Å². The smallest absolute Gasteiger partial charge is 0.256 e. The van der Waals surface area contributed by atoms with E-state index in [-0.39, 0.29) is 18.2 Å². The van der Waals surface area contributed by atoms with Crippen LogP contribution in [0.15, 0.2) is 24.3 Å². The molecule has 18 heavy (non-hydrogen) atoms. The minimum absolute atomic E-state index is 0.0129. The number of imide groups is 1. The first-order valence-corrected chi connectivity index (χ1v) is 5.76. The van der Waals surface area contributed by atoms with Crippen LogP contribution >= 0.6 is 11.6 Å². The first-order valence-electron chi connectivity index (χ1n) is 5.38. The van der Waals surface area contributed by atoms with Crippen molar-refractivity contribution in [1.29, 1.82) is 0 Å². The number of halogens is 1. The lowest BCUT2D eigenvalue weighted by Crippen LogP contribution is -2.40. The summed E-state index contributed by atoms with van der Waals surface area (Å²) in [6.45, 7) is 1.31. The molecule has 1 atom stereocenters. The molecule has 5 nitrogen and oxygen atoms in total. The molecule has 0 radical (unpaired) electrons. The Labute approximate surface area is 109 Å². The molecule has 1 aliphatic heterocycles. The van der Waals surface area contributed by atoms with Crippen LogP contribution in [-0.4, -0.2) is 23.8 Å². The van der Waals surface area contributed by atoms with Gasteiger partial charge in [0.1, 0.15) is 6.04 Å². The molecule has 94 valence electrons. The number of amides is 3. The summed E-state index contributed by atoms with van der Waals surface area (Å²) in [6.07, 6.45) is -0.0129. The standard InChI is InChI=1S/C12H11ClN2O3/c1-7(16)14-10-6-11(17)15(12(10)18)9-4-2-8(13)3-5-9/h2-5,10H,6H2,1H3,(H,14,16)/t10-/m1/s1. The molecule has 6 heteroatoms. The predicted molar refractivity (Wildman–Crippen MR) is 66.2 cm³/mol. The zero-order valence-corrected chi connectivity index (χ0v) is 10.4. The van der Waals surface area contributed by atoms with Gasteiger partial charge in [0.15, 0.2) is 0 Å². The highest BCUT2D eigenvalue weighted by atomic mass is 35.5. The summed E-state index contributed by atoms with van der Waals surface area (Å²) < 4.78 is 0. The molecule has 2 rings (SSSR count). The molecule has 0 saturated carbocycles. The maximum absolute atomic E-state index is 12.0. The molecule has 1 saturated heterocycles. The molecule has 3 amide bonds. The Hall–Kier alpha value is -1.88. The van der Waals surface area contributed by atoms with Crippen LogP contribution in [0.3, 0.4) is 0 Å². The largest absolute Gasteiger partial charge is 0.344 e. The van der Waals surface area contributed by atoms with Crippen LogP contribution in [0.25, 0.3) is 0 Å². The lowest BCUT2D eigenvalue weighted by Gasteiger charge is -2.15. The minimum Gasteiger partial charge on any atom is -0.344 e. The van der Waals surface area contributed by atoms with E-state index in [0.717, 1.165) is 4.90 Å². The van der Waals surface area contributed by atoms with Crippen LogP contribution in [0.1, 0.15) is 13.3 Å². The van der Waals surface area contributed by atoms with E-state index >= 15 is 0 Å². The van der Waals surface area contributed by atoms with Gasteiger partial charge in [-0.3, -0.25) is 14.4 Å². The van der Waals surface area contributed by atoms with Crippen molar-refractivity contribution in [2.75, 3.05) is 4.90 Å². The normalized spacial score (nSPS) is 19.2. The van der Waals surface area contributed by atoms with Crippen molar-refractivity contribution in [1.82, 2.24) is 5.32 Å². The number of nitrogens with one attached hydrogen (secondary N) is 1. The van der Waals surface area contributed by atoms with E-state index in [1.165, 1.54) is 6.92 Å². The van der Waals surface area contributed by atoms with Crippen LogP contribution in [0.2, 0.25) is 5.02 Å². The Bertz CT molecular complexity index is 513. The molecule has 1 N–H and O–H groups in total. The molecule has 1 heterocycles. The molecular weight excluding hydrogens is 256 g/mol. The highest BCUT2D eigenvalue weighted by Gasteiger charge is 2.39. The Morgan fingerprint density at radius 2 is 1.94 bits per heavy atom. The van der Waals surface area contributed by atoms with Crippen molar-refractivity contribution in [2.24, 2.45) is 0 Å². The summed E-state index contributed by atoms with van der Waals surface area (Å²) in [5.41, 5.74) is 0.460. The molecule has 0 aromatic heterocycles. The number of hydrogen-bond acceptors (Lipinski definition) is 3. The van der Waals surface area contributed by atoms with Gasteiger partial charge in [0.25, 0.3) is 5.91 Å². The summed E-state index contributed by atoms with van der Waals surface area (Å²) in [5.74, 6) is -1.09. The van der Waals surface area contributed by atoms with Crippen molar-refractivity contribution in [3.05, 3.63) is 29.3 Å². The van der Waals surface area contributed by atoms with Gasteiger partial charge in [-0.1, -0.05) is 11.6 Å². The summed E-state index contributed by atoms with van der Waals surface area (Å²) in [7, 11) is 0. The first-order chi connectivity index (χ1) is 8.49. The van der Waals surface area contributed by atoms with E-state index in [1.807, 2.05) is 0 Å². The quantitative estimate of drug-likeness (QED) is 0.816. The number of carbonyl (C=O) groups excluding carboxylic acids is 3. The lowest BCUT2D eigenvalue weighted by molar-refractivity contribution is -0.125. The van der Waals surface area contributed by atoms with E-state index in [4.69, 9.17) is 11.6 Å². The average molecular weight is 267 g/mol. The summed E-state index contributed by atoms with van der Waals surface area (Å²) >= 11 is 5.74. The molecule has 1 aliphatic rings. The van der Waals surface area contributed by atoms with Crippen molar-refractivity contribution in [2.45, 2.75) is 19.4 Å². The zero-order valence-electron chi connectivity index (χ0n) is 9.64. The fraction of sp³-hybridized carbons (Fsp3) is 0.250. The number of carbonyl (C=O) groups is 3. The summed E-state index contributed by atoms with van der Waals surface area (Å²) in [5, 5.41) is 2.98. The number of anilines is 1. The second kappa shape index (κ2) is 4.78. The maximum Gasteiger partial charge on any atom is 0.256 e. The van der Waals surface area contributed by atoms with E-state index < -0.39 is 11.9 Å². The Balaban J connectivity index is 2.24. The van der Waals surface area contributed by atoms with Crippen molar-refractivity contribution in [3.63, 3.8) is 0 Å². The van der Waals surface area contributed by atoms with Crippen LogP contribution in [-0.2, 0) is 14.4 Å². The first kappa shape index (κ1) is 12.6. The molecule has 1 aromatic carbocycles. The number of nitrogens with zero attached hydrogens (tertiary/aromatic N) is 1. The van der Waals surface area contributed by atoms with Gasteiger partial charge < -0.3 is 5.32 Å². The Morgan fingerprint density at radius 1 is 1.33 bits per heavy atom. The van der Waals surface area contributed by atoms with Gasteiger partial charge in [0, 0.05) is 11.9 Å². The van der Waals surface area contributed by atoms with Crippen LogP contribution in [0, 0.1) is 0 Å². The highest BCUT2D eigenvalue weighted by Crippen LogP contribution is 2.24. The Kier molecular flexibility index (Phi) is 3.34. The second-order valence-electron chi connectivity index (χ2n) is 4.00. The van der Waals surface area contributed by atoms with Gasteiger partial charge in [-0.2, -0.15) is 0 Å². The topological polar surface area (TPSA) is 66.5 Å². The highest BCUT2D eigenvalue weighted by molar-refractivity contribution is 6.30. The number of hydrogen-bond donors (Lipinski definition) is 1. The molecule has 0 aliphatic carbocycles. The molecule has 0 spiro atoms. The van der Waals surface area contributed by atoms with E-state index in [1.54, 1.807) is 24.3 Å². The van der Waals surface area contributed by atoms with Crippen molar-refractivity contribution < 1.29 is 14.4 Å². The lowest BCUT2D eigenvalue weighted by atomic mass is 10.2. The van der Waals surface area contributed by atoms with Crippen molar-refractivity contribution in [3.8, 4) is 0 Å². The molecule has 1 aromatic rings. The number of rotatable bonds is 2. The summed E-state index contributed by atoms with van der Waals surface area (Å²) in [6, 6.07) is 5.61. The molecule has 0 bridgehead atoms. The fourth-order valence-corrected chi connectivity index (χ4v) is 1.98. The molecule has 0 unspecified atom stereocenters. The monoisotopic (exact) mass is 266 g/mol. The third-order valence-corrected chi connectivity index (χ3v) is 2.86. The second-order valence-corrected chi connectivity index (χ2v) is 4.44. The molecule has 1 fully saturated rings. The van der Waals surface area contributed by atoms with Crippen LogP contribution < -0.4 is 10.2 Å². The predicted octanol–water partition coefficient (Wildman–Crippen LogP) is 1.11. The Morgan fingerprint density at radius 3 is 2.50 bits per heavy atom. The fourth-order valence-electron chi connectivity index (χ4n) is 1.85. The SMILES string of the molecule is CC(=O)N[C@@H]1CC(=O)N(c2ccc(Cl)cc2)C1=O. The van der Waals surface area contributed by atoms with Gasteiger partial charge in [-0.05, 0) is 24.3 Å². The van der Waals surface area contributed by atoms with Gasteiger partial charge in [-0.15, -0.1) is 0 Å². The van der Waals surface area contributed by atoms with Gasteiger partial charge >= 0.3 is 0 Å². The maximum atomic E-state index is 12.0. The van der Waals surface area contributed by atoms with Gasteiger partial charge in [0.05, 0.1) is 12.1 Å². The van der Waals surface area contributed by atoms with Crippen LogP contribution in [0.5, 0.6) is 0 Å². The van der Waals surface area contributed by atoms with E-state index in [9.17, 15) is 14.4 Å². The average Bonchev–Trinajstić information content (AvgIpc) is 2.55. The minimum atomic E-state index is -0.773. The van der Waals surface area contributed by atoms with Crippen molar-refractivity contribution >= 4 is 35.0 Å². The van der Waals surface area contributed by atoms with E-state index in [2.05, 4.69) is 5.32 Å². The van der Waals surface area contributed by atoms with Gasteiger partial charge in [-0.25, -0.2) is 4.90 Å². The third kappa shape index (κ3) is 2.36. The zero-order chi connectivity index (χ0) is 13.3.